The smallest absolute Gasteiger partial charge is 0.238 e. The van der Waals surface area contributed by atoms with Crippen LogP contribution in [0.3, 0.4) is 0 Å². The maximum absolute atomic E-state index is 13.2. The number of hydrogen-bond acceptors (Lipinski definition) is 5. The lowest BCUT2D eigenvalue weighted by Gasteiger charge is -2.31. The fourth-order valence-corrected chi connectivity index (χ4v) is 3.49. The van der Waals surface area contributed by atoms with Crippen molar-refractivity contribution in [3.05, 3.63) is 53.3 Å². The molecule has 0 fully saturated rings. The Morgan fingerprint density at radius 2 is 1.80 bits per heavy atom. The highest BCUT2D eigenvalue weighted by Gasteiger charge is 2.24. The SMILES string of the molecule is COc1cc2c(cc1OC)CN(C(=O)CN(C)CC(=O)Nc1cccc(F)c1)CC2. The topological polar surface area (TPSA) is 71.1 Å². The molecule has 1 N–H and O–H groups in total. The van der Waals surface area contributed by atoms with Crippen LogP contribution in [0.4, 0.5) is 10.1 Å². The number of amides is 2. The second kappa shape index (κ2) is 9.58. The van der Waals surface area contributed by atoms with Gasteiger partial charge >= 0.3 is 0 Å². The van der Waals surface area contributed by atoms with Gasteiger partial charge in [-0.25, -0.2) is 4.39 Å². The molecule has 0 aliphatic carbocycles. The van der Waals surface area contributed by atoms with E-state index in [1.54, 1.807) is 37.1 Å². The molecule has 3 rings (SSSR count). The van der Waals surface area contributed by atoms with Gasteiger partial charge in [0.15, 0.2) is 11.5 Å². The molecule has 1 aliphatic rings. The molecule has 8 heteroatoms. The molecule has 1 heterocycles. The molecule has 160 valence electrons. The number of carbonyl (C=O) groups excluding carboxylic acids is 2. The van der Waals surface area contributed by atoms with Gasteiger partial charge < -0.3 is 19.7 Å². The number of nitrogens with one attached hydrogen (secondary N) is 1. The summed E-state index contributed by atoms with van der Waals surface area (Å²) in [6.45, 7) is 1.22. The van der Waals surface area contributed by atoms with Gasteiger partial charge in [-0.2, -0.15) is 0 Å². The summed E-state index contributed by atoms with van der Waals surface area (Å²) in [5.74, 6) is 0.529. The zero-order valence-corrected chi connectivity index (χ0v) is 17.4. The molecule has 0 atom stereocenters. The number of fused-ring (bicyclic) bond motifs is 1. The Kier molecular flexibility index (Phi) is 6.89. The number of nitrogens with zero attached hydrogens (tertiary/aromatic N) is 2. The summed E-state index contributed by atoms with van der Waals surface area (Å²) in [7, 11) is 4.89. The molecule has 0 saturated heterocycles. The van der Waals surface area contributed by atoms with Gasteiger partial charge in [0, 0.05) is 18.8 Å². The third-order valence-electron chi connectivity index (χ3n) is 5.00. The number of carbonyl (C=O) groups is 2. The fraction of sp³-hybridized carbons (Fsp3) is 0.364. The summed E-state index contributed by atoms with van der Waals surface area (Å²) in [6, 6.07) is 9.56. The predicted molar refractivity (Wildman–Crippen MR) is 111 cm³/mol. The summed E-state index contributed by atoms with van der Waals surface area (Å²) in [6.07, 6.45) is 0.727. The third-order valence-corrected chi connectivity index (χ3v) is 5.00. The van der Waals surface area contributed by atoms with Crippen LogP contribution in [0.5, 0.6) is 11.5 Å². The first-order valence-electron chi connectivity index (χ1n) is 9.65. The summed E-state index contributed by atoms with van der Waals surface area (Å²) >= 11 is 0. The van der Waals surface area contributed by atoms with Gasteiger partial charge in [-0.1, -0.05) is 6.07 Å². The van der Waals surface area contributed by atoms with Gasteiger partial charge in [0.05, 0.1) is 27.3 Å². The molecule has 0 bridgehead atoms. The molecule has 7 nitrogen and oxygen atoms in total. The second-order valence-electron chi connectivity index (χ2n) is 7.27. The van der Waals surface area contributed by atoms with E-state index in [1.165, 1.54) is 18.2 Å². The number of rotatable bonds is 7. The summed E-state index contributed by atoms with van der Waals surface area (Å²) in [4.78, 5) is 28.3. The van der Waals surface area contributed by atoms with Crippen LogP contribution in [0.25, 0.3) is 0 Å². The molecule has 2 aromatic carbocycles. The highest BCUT2D eigenvalue weighted by atomic mass is 19.1. The minimum Gasteiger partial charge on any atom is -0.493 e. The standard InChI is InChI=1S/C22H26FN3O4/c1-25(13-21(27)24-18-6-4-5-17(23)11-18)14-22(28)26-8-7-15-9-19(29-2)20(30-3)10-16(15)12-26/h4-6,9-11H,7-8,12-14H2,1-3H3,(H,24,27). The Hall–Kier alpha value is -3.13. The van der Waals surface area contributed by atoms with E-state index in [1.807, 2.05) is 12.1 Å². The number of halogens is 1. The highest BCUT2D eigenvalue weighted by molar-refractivity contribution is 5.92. The number of ether oxygens (including phenoxy) is 2. The lowest BCUT2D eigenvalue weighted by molar-refractivity contribution is -0.133. The van der Waals surface area contributed by atoms with Crippen molar-refractivity contribution in [2.45, 2.75) is 13.0 Å². The van der Waals surface area contributed by atoms with Crippen molar-refractivity contribution in [3.63, 3.8) is 0 Å². The molecule has 0 saturated carbocycles. The second-order valence-corrected chi connectivity index (χ2v) is 7.27. The van der Waals surface area contributed by atoms with Crippen molar-refractivity contribution in [2.24, 2.45) is 0 Å². The van der Waals surface area contributed by atoms with Crippen LogP contribution in [-0.2, 0) is 22.6 Å². The van der Waals surface area contributed by atoms with Gasteiger partial charge in [0.1, 0.15) is 5.82 Å². The van der Waals surface area contributed by atoms with Crippen molar-refractivity contribution in [1.29, 1.82) is 0 Å². The number of benzene rings is 2. The molecule has 0 spiro atoms. The van der Waals surface area contributed by atoms with Crippen LogP contribution in [0.1, 0.15) is 11.1 Å². The minimum absolute atomic E-state index is 0.0255. The monoisotopic (exact) mass is 415 g/mol. The Labute approximate surface area is 175 Å². The van der Waals surface area contributed by atoms with E-state index >= 15 is 0 Å². The maximum Gasteiger partial charge on any atom is 0.238 e. The molecular weight excluding hydrogens is 389 g/mol. The van der Waals surface area contributed by atoms with E-state index in [0.717, 1.165) is 17.5 Å². The van der Waals surface area contributed by atoms with Gasteiger partial charge in [0.2, 0.25) is 11.8 Å². The van der Waals surface area contributed by atoms with Crippen LogP contribution in [0.15, 0.2) is 36.4 Å². The largest absolute Gasteiger partial charge is 0.493 e. The van der Waals surface area contributed by atoms with Crippen LogP contribution >= 0.6 is 0 Å². The van der Waals surface area contributed by atoms with Gasteiger partial charge in [-0.15, -0.1) is 0 Å². The molecule has 2 aromatic rings. The van der Waals surface area contributed by atoms with E-state index < -0.39 is 5.82 Å². The quantitative estimate of drug-likeness (QED) is 0.752. The summed E-state index contributed by atoms with van der Waals surface area (Å²) in [5.41, 5.74) is 2.55. The van der Waals surface area contributed by atoms with Crippen molar-refractivity contribution >= 4 is 17.5 Å². The van der Waals surface area contributed by atoms with Crippen LogP contribution in [-0.4, -0.2) is 62.5 Å². The van der Waals surface area contributed by atoms with Crippen LogP contribution in [0.2, 0.25) is 0 Å². The lowest BCUT2D eigenvalue weighted by atomic mass is 9.98. The van der Waals surface area contributed by atoms with Crippen molar-refractivity contribution in [3.8, 4) is 11.5 Å². The first-order chi connectivity index (χ1) is 14.4. The Morgan fingerprint density at radius 1 is 1.10 bits per heavy atom. The number of likely N-dealkylation sites (N-methyl/N-ethyl adjacent to an activating group) is 1. The molecule has 0 aromatic heterocycles. The molecule has 1 aliphatic heterocycles. The Balaban J connectivity index is 1.55. The van der Waals surface area contributed by atoms with Gasteiger partial charge in [0.25, 0.3) is 0 Å². The number of hydrogen-bond donors (Lipinski definition) is 1. The minimum atomic E-state index is -0.420. The van der Waals surface area contributed by atoms with Gasteiger partial charge in [-0.05, 0) is 54.9 Å². The first kappa shape index (κ1) is 21.6. The van der Waals surface area contributed by atoms with E-state index in [2.05, 4.69) is 5.32 Å². The van der Waals surface area contributed by atoms with Crippen LogP contribution in [0, 0.1) is 5.82 Å². The van der Waals surface area contributed by atoms with E-state index in [0.29, 0.717) is 30.3 Å². The molecule has 30 heavy (non-hydrogen) atoms. The molecule has 0 radical (unpaired) electrons. The summed E-state index contributed by atoms with van der Waals surface area (Å²) in [5, 5.41) is 2.63. The zero-order valence-electron chi connectivity index (χ0n) is 17.4. The van der Waals surface area contributed by atoms with E-state index in [4.69, 9.17) is 9.47 Å². The van der Waals surface area contributed by atoms with Crippen molar-refractivity contribution in [1.82, 2.24) is 9.80 Å². The fourth-order valence-electron chi connectivity index (χ4n) is 3.49. The zero-order chi connectivity index (χ0) is 21.7. The average Bonchev–Trinajstić information content (AvgIpc) is 2.71. The van der Waals surface area contributed by atoms with Gasteiger partial charge in [-0.3, -0.25) is 14.5 Å². The number of methoxy groups -OCH3 is 2. The average molecular weight is 415 g/mol. The van der Waals surface area contributed by atoms with E-state index in [9.17, 15) is 14.0 Å². The first-order valence-corrected chi connectivity index (χ1v) is 9.65. The molecule has 2 amide bonds. The highest BCUT2D eigenvalue weighted by Crippen LogP contribution is 2.33. The van der Waals surface area contributed by atoms with Crippen LogP contribution < -0.4 is 14.8 Å². The molecule has 0 unspecified atom stereocenters. The molecular formula is C22H26FN3O4. The van der Waals surface area contributed by atoms with Crippen molar-refractivity contribution in [2.75, 3.05) is 46.2 Å². The normalized spacial score (nSPS) is 13.0. The third kappa shape index (κ3) is 5.27. The lowest BCUT2D eigenvalue weighted by Crippen LogP contribution is -2.43. The van der Waals surface area contributed by atoms with Crippen molar-refractivity contribution < 1.29 is 23.5 Å². The summed E-state index contributed by atoms with van der Waals surface area (Å²) < 4.78 is 23.9. The number of anilines is 1. The maximum atomic E-state index is 13.2. The Bertz CT molecular complexity index is 935. The Morgan fingerprint density at radius 3 is 2.47 bits per heavy atom. The van der Waals surface area contributed by atoms with E-state index in [-0.39, 0.29) is 24.9 Å². The predicted octanol–water partition coefficient (Wildman–Crippen LogP) is 2.30.